The average molecular weight is 349 g/mol. The van der Waals surface area contributed by atoms with Crippen molar-refractivity contribution in [1.29, 1.82) is 0 Å². The topological polar surface area (TPSA) is 82.5 Å². The minimum Gasteiger partial charge on any atom is -0.478 e. The van der Waals surface area contributed by atoms with Crippen LogP contribution in [0, 0.1) is 6.92 Å². The lowest BCUT2D eigenvalue weighted by atomic mass is 10.1. The molecule has 7 heteroatoms. The summed E-state index contributed by atoms with van der Waals surface area (Å²) in [6, 6.07) is 10.3. The van der Waals surface area contributed by atoms with Crippen LogP contribution in [-0.4, -0.2) is 52.2 Å². The Bertz CT molecular complexity index is 953. The molecule has 1 aliphatic heterocycles. The van der Waals surface area contributed by atoms with Gasteiger partial charge in [-0.15, -0.1) is 0 Å². The van der Waals surface area contributed by atoms with Crippen LogP contribution in [0.3, 0.4) is 0 Å². The SMILES string of the molecule is Cc1nc(N2CCN(c3ccccc3)CC2)c2nccnc2c1C(=O)O. The first-order valence-electron chi connectivity index (χ1n) is 8.54. The number of carbonyl (C=O) groups is 1. The summed E-state index contributed by atoms with van der Waals surface area (Å²) < 4.78 is 0. The summed E-state index contributed by atoms with van der Waals surface area (Å²) in [5.41, 5.74) is 2.74. The maximum absolute atomic E-state index is 11.6. The molecule has 0 aliphatic carbocycles. The predicted molar refractivity (Wildman–Crippen MR) is 99.9 cm³/mol. The lowest BCUT2D eigenvalue weighted by Gasteiger charge is -2.37. The summed E-state index contributed by atoms with van der Waals surface area (Å²) in [6.45, 7) is 5.03. The summed E-state index contributed by atoms with van der Waals surface area (Å²) in [5, 5.41) is 9.50. The Balaban J connectivity index is 1.66. The molecule has 132 valence electrons. The molecule has 0 saturated carbocycles. The molecule has 7 nitrogen and oxygen atoms in total. The molecule has 1 saturated heterocycles. The van der Waals surface area contributed by atoms with Gasteiger partial charge < -0.3 is 14.9 Å². The van der Waals surface area contributed by atoms with Crippen molar-refractivity contribution in [2.75, 3.05) is 36.0 Å². The van der Waals surface area contributed by atoms with Gasteiger partial charge in [-0.1, -0.05) is 18.2 Å². The molecule has 1 aliphatic rings. The standard InChI is InChI=1S/C19H19N5O2/c1-13-15(19(25)26)16-17(21-8-7-20-16)18(22-13)24-11-9-23(10-12-24)14-5-3-2-4-6-14/h2-8H,9-12H2,1H3,(H,25,26). The highest BCUT2D eigenvalue weighted by atomic mass is 16.4. The number of hydrogen-bond acceptors (Lipinski definition) is 6. The van der Waals surface area contributed by atoms with Crippen molar-refractivity contribution in [2.45, 2.75) is 6.92 Å². The average Bonchev–Trinajstić information content (AvgIpc) is 2.68. The summed E-state index contributed by atoms with van der Waals surface area (Å²) in [4.78, 5) is 29.3. The minimum absolute atomic E-state index is 0.125. The Morgan fingerprint density at radius 2 is 1.58 bits per heavy atom. The van der Waals surface area contributed by atoms with Gasteiger partial charge in [-0.2, -0.15) is 0 Å². The first-order chi connectivity index (χ1) is 12.6. The molecule has 0 unspecified atom stereocenters. The van der Waals surface area contributed by atoms with Crippen LogP contribution in [0.1, 0.15) is 16.1 Å². The lowest BCUT2D eigenvalue weighted by Crippen LogP contribution is -2.47. The quantitative estimate of drug-likeness (QED) is 0.777. The van der Waals surface area contributed by atoms with Crippen molar-refractivity contribution in [2.24, 2.45) is 0 Å². The highest BCUT2D eigenvalue weighted by molar-refractivity contribution is 6.04. The molecule has 0 amide bonds. The smallest absolute Gasteiger partial charge is 0.339 e. The number of carboxylic acids is 1. The number of aromatic nitrogens is 3. The van der Waals surface area contributed by atoms with Gasteiger partial charge in [0.1, 0.15) is 16.6 Å². The van der Waals surface area contributed by atoms with Crippen molar-refractivity contribution in [3.05, 3.63) is 54.0 Å². The van der Waals surface area contributed by atoms with E-state index in [1.807, 2.05) is 18.2 Å². The normalized spacial score (nSPS) is 14.7. The highest BCUT2D eigenvalue weighted by Crippen LogP contribution is 2.28. The summed E-state index contributed by atoms with van der Waals surface area (Å²) in [7, 11) is 0. The fourth-order valence-electron chi connectivity index (χ4n) is 3.42. The van der Waals surface area contributed by atoms with E-state index in [9.17, 15) is 9.90 Å². The number of para-hydroxylation sites is 1. The molecular formula is C19H19N5O2. The number of anilines is 2. The number of rotatable bonds is 3. The number of pyridine rings is 1. The second kappa shape index (κ2) is 6.59. The van der Waals surface area contributed by atoms with Gasteiger partial charge in [-0.05, 0) is 19.1 Å². The van der Waals surface area contributed by atoms with Gasteiger partial charge in [0.2, 0.25) is 0 Å². The third-order valence-corrected chi connectivity index (χ3v) is 4.70. The van der Waals surface area contributed by atoms with Crippen LogP contribution in [0.4, 0.5) is 11.5 Å². The van der Waals surface area contributed by atoms with Crippen LogP contribution in [-0.2, 0) is 0 Å². The molecule has 0 bridgehead atoms. The van der Waals surface area contributed by atoms with Crippen molar-refractivity contribution in [3.8, 4) is 0 Å². The molecule has 1 aromatic carbocycles. The van der Waals surface area contributed by atoms with E-state index in [1.165, 1.54) is 11.9 Å². The summed E-state index contributed by atoms with van der Waals surface area (Å²) in [5.74, 6) is -0.316. The molecule has 4 rings (SSSR count). The van der Waals surface area contributed by atoms with Gasteiger partial charge in [-0.25, -0.2) is 14.8 Å². The molecule has 2 aromatic heterocycles. The fourth-order valence-corrected chi connectivity index (χ4v) is 3.42. The van der Waals surface area contributed by atoms with Crippen molar-refractivity contribution in [1.82, 2.24) is 15.0 Å². The Morgan fingerprint density at radius 3 is 2.23 bits per heavy atom. The van der Waals surface area contributed by atoms with Gasteiger partial charge in [0.25, 0.3) is 0 Å². The first-order valence-corrected chi connectivity index (χ1v) is 8.54. The zero-order chi connectivity index (χ0) is 18.1. The second-order valence-corrected chi connectivity index (χ2v) is 6.26. The lowest BCUT2D eigenvalue weighted by molar-refractivity contribution is 0.0697. The van der Waals surface area contributed by atoms with Crippen molar-refractivity contribution in [3.63, 3.8) is 0 Å². The number of nitrogens with zero attached hydrogens (tertiary/aromatic N) is 5. The molecule has 1 N–H and O–H groups in total. The van der Waals surface area contributed by atoms with Gasteiger partial charge in [0.15, 0.2) is 5.82 Å². The predicted octanol–water partition coefficient (Wildman–Crippen LogP) is 2.36. The molecule has 0 spiro atoms. The Labute approximate surface area is 150 Å². The number of carboxylic acid groups (broad SMARTS) is 1. The number of aromatic carboxylic acids is 1. The van der Waals surface area contributed by atoms with Crippen LogP contribution in [0.25, 0.3) is 11.0 Å². The molecule has 0 radical (unpaired) electrons. The van der Waals surface area contributed by atoms with E-state index in [-0.39, 0.29) is 5.56 Å². The van der Waals surface area contributed by atoms with E-state index in [1.54, 1.807) is 13.1 Å². The number of benzene rings is 1. The summed E-state index contributed by atoms with van der Waals surface area (Å²) >= 11 is 0. The maximum Gasteiger partial charge on any atom is 0.339 e. The van der Waals surface area contributed by atoms with Crippen molar-refractivity contribution < 1.29 is 9.90 Å². The molecule has 0 atom stereocenters. The Morgan fingerprint density at radius 1 is 0.962 bits per heavy atom. The zero-order valence-electron chi connectivity index (χ0n) is 14.5. The van der Waals surface area contributed by atoms with Crippen LogP contribution in [0.2, 0.25) is 0 Å². The van der Waals surface area contributed by atoms with Crippen molar-refractivity contribution >= 4 is 28.5 Å². The monoisotopic (exact) mass is 349 g/mol. The second-order valence-electron chi connectivity index (χ2n) is 6.26. The third-order valence-electron chi connectivity index (χ3n) is 4.70. The maximum atomic E-state index is 11.6. The first kappa shape index (κ1) is 16.3. The Kier molecular flexibility index (Phi) is 4.12. The van der Waals surface area contributed by atoms with E-state index in [0.29, 0.717) is 22.5 Å². The van der Waals surface area contributed by atoms with Crippen LogP contribution >= 0.6 is 0 Å². The minimum atomic E-state index is -1.03. The van der Waals surface area contributed by atoms with E-state index in [0.717, 1.165) is 26.2 Å². The molecule has 3 heterocycles. The molecular weight excluding hydrogens is 330 g/mol. The number of hydrogen-bond donors (Lipinski definition) is 1. The van der Waals surface area contributed by atoms with Gasteiger partial charge in [0.05, 0.1) is 5.69 Å². The van der Waals surface area contributed by atoms with Gasteiger partial charge in [0, 0.05) is 44.3 Å². The van der Waals surface area contributed by atoms with E-state index >= 15 is 0 Å². The number of piperazine rings is 1. The molecule has 26 heavy (non-hydrogen) atoms. The fraction of sp³-hybridized carbons (Fsp3) is 0.263. The summed E-state index contributed by atoms with van der Waals surface area (Å²) in [6.07, 6.45) is 3.10. The largest absolute Gasteiger partial charge is 0.478 e. The van der Waals surface area contributed by atoms with Gasteiger partial charge >= 0.3 is 5.97 Å². The number of aryl methyl sites for hydroxylation is 1. The van der Waals surface area contributed by atoms with E-state index in [2.05, 4.69) is 36.9 Å². The van der Waals surface area contributed by atoms with Gasteiger partial charge in [-0.3, -0.25) is 4.98 Å². The number of fused-ring (bicyclic) bond motifs is 1. The van der Waals surface area contributed by atoms with E-state index in [4.69, 9.17) is 0 Å². The third kappa shape index (κ3) is 2.81. The van der Waals surface area contributed by atoms with Crippen LogP contribution in [0.15, 0.2) is 42.7 Å². The van der Waals surface area contributed by atoms with Crippen LogP contribution < -0.4 is 9.80 Å². The zero-order valence-corrected chi connectivity index (χ0v) is 14.5. The molecule has 3 aromatic rings. The van der Waals surface area contributed by atoms with Crippen LogP contribution in [0.5, 0.6) is 0 Å². The molecule has 1 fully saturated rings. The van der Waals surface area contributed by atoms with E-state index < -0.39 is 5.97 Å². The Hall–Kier alpha value is -3.22. The highest BCUT2D eigenvalue weighted by Gasteiger charge is 2.24.